The lowest BCUT2D eigenvalue weighted by Crippen LogP contribution is -1.98. The third-order valence-electron chi connectivity index (χ3n) is 2.45. The van der Waals surface area contributed by atoms with E-state index >= 15 is 0 Å². The highest BCUT2D eigenvalue weighted by Gasteiger charge is 2.26. The minimum absolute atomic E-state index is 0. The van der Waals surface area contributed by atoms with Gasteiger partial charge in [0, 0.05) is 17.8 Å². The molecule has 0 unspecified atom stereocenters. The van der Waals surface area contributed by atoms with Gasteiger partial charge in [-0.25, -0.2) is 9.50 Å². The van der Waals surface area contributed by atoms with Crippen LogP contribution in [-0.2, 0) is 0 Å². The van der Waals surface area contributed by atoms with Gasteiger partial charge in [0.15, 0.2) is 5.65 Å². The number of nitrogens with two attached hydrogens (primary N) is 1. The molecular weight excluding hydrogens is 200 g/mol. The summed E-state index contributed by atoms with van der Waals surface area (Å²) in [5.41, 5.74) is 8.39. The molecule has 0 atom stereocenters. The number of nitrogens with zero attached hydrogens (tertiary/aromatic N) is 3. The maximum absolute atomic E-state index is 5.72. The summed E-state index contributed by atoms with van der Waals surface area (Å²) in [4.78, 5) is 4.19. The summed E-state index contributed by atoms with van der Waals surface area (Å²) in [7, 11) is 0. The molecule has 4 nitrogen and oxygen atoms in total. The molecule has 0 spiro atoms. The Kier molecular flexibility index (Phi) is 2.07. The Morgan fingerprint density at radius 1 is 1.43 bits per heavy atom. The lowest BCUT2D eigenvalue weighted by Gasteiger charge is -2.00. The van der Waals surface area contributed by atoms with E-state index in [1.807, 2.05) is 10.6 Å². The third-order valence-corrected chi connectivity index (χ3v) is 2.45. The highest BCUT2D eigenvalue weighted by molar-refractivity contribution is 5.85. The molecule has 0 aromatic carbocycles. The van der Waals surface area contributed by atoms with Gasteiger partial charge in [0.05, 0.1) is 11.9 Å². The first-order valence-electron chi connectivity index (χ1n) is 4.44. The highest BCUT2D eigenvalue weighted by atomic mass is 35.5. The summed E-state index contributed by atoms with van der Waals surface area (Å²) >= 11 is 0. The molecule has 2 aromatic rings. The van der Waals surface area contributed by atoms with Crippen molar-refractivity contribution in [3.05, 3.63) is 24.2 Å². The van der Waals surface area contributed by atoms with E-state index in [4.69, 9.17) is 5.73 Å². The lowest BCUT2D eigenvalue weighted by atomic mass is 10.3. The molecule has 14 heavy (non-hydrogen) atoms. The fourth-order valence-electron chi connectivity index (χ4n) is 1.62. The number of fused-ring (bicyclic) bond motifs is 1. The normalized spacial score (nSPS) is 15.4. The van der Waals surface area contributed by atoms with E-state index in [-0.39, 0.29) is 12.4 Å². The smallest absolute Gasteiger partial charge is 0.178 e. The molecular formula is C9H11ClN4. The van der Waals surface area contributed by atoms with E-state index in [0.29, 0.717) is 11.6 Å². The quantitative estimate of drug-likeness (QED) is 0.778. The minimum atomic E-state index is 0. The second-order valence-electron chi connectivity index (χ2n) is 3.48. The molecule has 2 heterocycles. The lowest BCUT2D eigenvalue weighted by molar-refractivity contribution is 0.842. The van der Waals surface area contributed by atoms with Crippen molar-refractivity contribution in [1.82, 2.24) is 14.6 Å². The van der Waals surface area contributed by atoms with Crippen LogP contribution in [0.5, 0.6) is 0 Å². The van der Waals surface area contributed by atoms with Crippen LogP contribution in [0.2, 0.25) is 0 Å². The summed E-state index contributed by atoms with van der Waals surface area (Å²) in [6.45, 7) is 0. The van der Waals surface area contributed by atoms with Crippen LogP contribution >= 0.6 is 12.4 Å². The zero-order valence-electron chi connectivity index (χ0n) is 7.55. The Hall–Kier alpha value is -1.29. The molecule has 1 aliphatic carbocycles. The van der Waals surface area contributed by atoms with Crippen molar-refractivity contribution in [3.8, 4) is 0 Å². The largest absolute Gasteiger partial charge is 0.394 e. The summed E-state index contributed by atoms with van der Waals surface area (Å²) in [5, 5.41) is 4.21. The first-order chi connectivity index (χ1) is 6.36. The van der Waals surface area contributed by atoms with Crippen molar-refractivity contribution in [2.75, 3.05) is 5.73 Å². The van der Waals surface area contributed by atoms with Gasteiger partial charge in [0.2, 0.25) is 0 Å². The summed E-state index contributed by atoms with van der Waals surface area (Å²) < 4.78 is 1.85. The molecule has 3 rings (SSSR count). The predicted octanol–water partition coefficient (Wildman–Crippen LogP) is 1.61. The van der Waals surface area contributed by atoms with Crippen LogP contribution < -0.4 is 5.73 Å². The molecule has 0 radical (unpaired) electrons. The molecule has 1 aliphatic rings. The third kappa shape index (κ3) is 1.23. The van der Waals surface area contributed by atoms with Crippen LogP contribution in [0.25, 0.3) is 5.65 Å². The number of anilines is 1. The van der Waals surface area contributed by atoms with Crippen molar-refractivity contribution in [2.45, 2.75) is 18.8 Å². The van der Waals surface area contributed by atoms with E-state index in [9.17, 15) is 0 Å². The number of rotatable bonds is 1. The Balaban J connectivity index is 0.000000750. The van der Waals surface area contributed by atoms with Crippen LogP contribution in [0.4, 0.5) is 5.69 Å². The van der Waals surface area contributed by atoms with Crippen molar-refractivity contribution in [2.24, 2.45) is 0 Å². The molecule has 1 saturated carbocycles. The molecule has 0 saturated heterocycles. The van der Waals surface area contributed by atoms with Crippen molar-refractivity contribution >= 4 is 23.7 Å². The van der Waals surface area contributed by atoms with Gasteiger partial charge in [-0.15, -0.1) is 12.4 Å². The molecule has 0 bridgehead atoms. The molecule has 74 valence electrons. The number of hydrogen-bond donors (Lipinski definition) is 1. The first-order valence-corrected chi connectivity index (χ1v) is 4.44. The number of aromatic nitrogens is 3. The summed E-state index contributed by atoms with van der Waals surface area (Å²) in [6.07, 6.45) is 5.99. The van der Waals surface area contributed by atoms with Gasteiger partial charge in [0.1, 0.15) is 0 Å². The summed E-state index contributed by atoms with van der Waals surface area (Å²) in [6, 6.07) is 2.02. The molecule has 1 fully saturated rings. The van der Waals surface area contributed by atoms with E-state index < -0.39 is 0 Å². The van der Waals surface area contributed by atoms with E-state index in [1.165, 1.54) is 18.5 Å². The second-order valence-corrected chi connectivity index (χ2v) is 3.48. The number of hydrogen-bond acceptors (Lipinski definition) is 3. The molecule has 0 amide bonds. The van der Waals surface area contributed by atoms with Gasteiger partial charge in [-0.2, -0.15) is 5.10 Å². The molecule has 2 N–H and O–H groups in total. The standard InChI is InChI=1S/C9H10N4.ClH/c10-7-5-12-13-8(6-1-2-6)3-4-11-9(7)13;/h3-6H,1-2,10H2;1H. The molecule has 5 heteroatoms. The van der Waals surface area contributed by atoms with Gasteiger partial charge in [-0.05, 0) is 18.9 Å². The summed E-state index contributed by atoms with van der Waals surface area (Å²) in [5.74, 6) is 0.671. The van der Waals surface area contributed by atoms with Gasteiger partial charge in [0.25, 0.3) is 0 Å². The van der Waals surface area contributed by atoms with E-state index in [0.717, 1.165) is 5.65 Å². The number of halogens is 1. The SMILES string of the molecule is Cl.Nc1cnn2c(C3CC3)ccnc12. The van der Waals surface area contributed by atoms with Crippen LogP contribution in [0.15, 0.2) is 18.5 Å². The average Bonchev–Trinajstić information content (AvgIpc) is 2.92. The average molecular weight is 211 g/mol. The predicted molar refractivity (Wildman–Crippen MR) is 56.6 cm³/mol. The number of nitrogen functional groups attached to an aromatic ring is 1. The van der Waals surface area contributed by atoms with Gasteiger partial charge in [-0.3, -0.25) is 0 Å². The van der Waals surface area contributed by atoms with Gasteiger partial charge < -0.3 is 5.73 Å². The maximum atomic E-state index is 5.72. The Labute approximate surface area is 87.5 Å². The highest BCUT2D eigenvalue weighted by Crippen LogP contribution is 2.39. The Morgan fingerprint density at radius 2 is 2.21 bits per heavy atom. The fourth-order valence-corrected chi connectivity index (χ4v) is 1.62. The van der Waals surface area contributed by atoms with Gasteiger partial charge in [-0.1, -0.05) is 0 Å². The molecule has 2 aromatic heterocycles. The monoisotopic (exact) mass is 210 g/mol. The maximum Gasteiger partial charge on any atom is 0.178 e. The van der Waals surface area contributed by atoms with Crippen LogP contribution in [0.1, 0.15) is 24.5 Å². The fraction of sp³-hybridized carbons (Fsp3) is 0.333. The Bertz CT molecular complexity index is 461. The first kappa shape index (κ1) is 9.27. The second kappa shape index (κ2) is 3.13. The van der Waals surface area contributed by atoms with Crippen LogP contribution in [0.3, 0.4) is 0 Å². The zero-order chi connectivity index (χ0) is 8.84. The zero-order valence-corrected chi connectivity index (χ0v) is 8.37. The minimum Gasteiger partial charge on any atom is -0.394 e. The van der Waals surface area contributed by atoms with Crippen LogP contribution in [0, 0.1) is 0 Å². The van der Waals surface area contributed by atoms with Gasteiger partial charge >= 0.3 is 0 Å². The van der Waals surface area contributed by atoms with Crippen LogP contribution in [-0.4, -0.2) is 14.6 Å². The molecule has 0 aliphatic heterocycles. The van der Waals surface area contributed by atoms with Crippen molar-refractivity contribution in [1.29, 1.82) is 0 Å². The van der Waals surface area contributed by atoms with Crippen molar-refractivity contribution < 1.29 is 0 Å². The van der Waals surface area contributed by atoms with E-state index in [2.05, 4.69) is 10.1 Å². The van der Waals surface area contributed by atoms with E-state index in [1.54, 1.807) is 12.4 Å². The topological polar surface area (TPSA) is 56.2 Å². The Morgan fingerprint density at radius 3 is 2.93 bits per heavy atom. The van der Waals surface area contributed by atoms with Crippen molar-refractivity contribution in [3.63, 3.8) is 0 Å².